The molecule has 1 aromatic carbocycles. The summed E-state index contributed by atoms with van der Waals surface area (Å²) in [4.78, 5) is 41.0. The van der Waals surface area contributed by atoms with Gasteiger partial charge in [0.25, 0.3) is 0 Å². The van der Waals surface area contributed by atoms with Gasteiger partial charge >= 0.3 is 19.7 Å². The van der Waals surface area contributed by atoms with E-state index in [4.69, 9.17) is 23.8 Å². The highest BCUT2D eigenvalue weighted by Crippen LogP contribution is 2.46. The van der Waals surface area contributed by atoms with Crippen molar-refractivity contribution in [1.82, 2.24) is 20.3 Å². The van der Waals surface area contributed by atoms with Crippen LogP contribution in [0.4, 0.5) is 9.18 Å². The average molecular weight is 580 g/mol. The predicted molar refractivity (Wildman–Crippen MR) is 138 cm³/mol. The summed E-state index contributed by atoms with van der Waals surface area (Å²) in [6, 6.07) is 7.43. The molecule has 3 N–H and O–H groups in total. The lowest BCUT2D eigenvalue weighted by Gasteiger charge is -2.34. The van der Waals surface area contributed by atoms with E-state index in [9.17, 15) is 23.3 Å². The monoisotopic (exact) mass is 579 g/mol. The van der Waals surface area contributed by atoms with E-state index in [1.54, 1.807) is 13.1 Å². The number of aromatic nitrogens is 1. The first-order valence-electron chi connectivity index (χ1n) is 12.7. The Morgan fingerprint density at radius 3 is 2.88 bits per heavy atom. The molecule has 2 unspecified atom stereocenters. The molecule has 40 heavy (non-hydrogen) atoms. The number of hydrogen-bond donors (Lipinski definition) is 3. The molecule has 0 saturated carbocycles. The number of ether oxygens (including phenoxy) is 2. The number of carbonyl (C=O) groups excluding carboxylic acids is 3. The number of nitrogens with one attached hydrogen (secondary N) is 3. The van der Waals surface area contributed by atoms with Gasteiger partial charge < -0.3 is 14.5 Å². The molecule has 4 rings (SSSR count). The Kier molecular flexibility index (Phi) is 9.55. The molecule has 13 nitrogen and oxygen atoms in total. The number of methoxy groups -OCH3 is 1. The Bertz CT molecular complexity index is 1330. The first-order chi connectivity index (χ1) is 19.1. The summed E-state index contributed by atoms with van der Waals surface area (Å²) in [6.07, 6.45) is -2.28. The fourth-order valence-corrected chi connectivity index (χ4v) is 6.05. The summed E-state index contributed by atoms with van der Waals surface area (Å²) >= 11 is 0. The molecule has 2 fully saturated rings. The molecule has 15 heteroatoms. The van der Waals surface area contributed by atoms with Crippen molar-refractivity contribution in [3.8, 4) is 6.07 Å². The zero-order valence-corrected chi connectivity index (χ0v) is 22.9. The average Bonchev–Trinajstić information content (AvgIpc) is 3.52. The zero-order chi connectivity index (χ0) is 28.9. The first kappa shape index (κ1) is 29.6. The van der Waals surface area contributed by atoms with Gasteiger partial charge in [-0.2, -0.15) is 5.26 Å². The maximum atomic E-state index is 14.9. The second-order valence-electron chi connectivity index (χ2n) is 9.53. The van der Waals surface area contributed by atoms with Crippen LogP contribution in [0.25, 0.3) is 10.9 Å². The quantitative estimate of drug-likeness (QED) is 0.193. The van der Waals surface area contributed by atoms with E-state index >= 15 is 0 Å². The first-order valence-corrected chi connectivity index (χ1v) is 14.3. The number of fused-ring (bicyclic) bond motifs is 1. The van der Waals surface area contributed by atoms with E-state index in [2.05, 4.69) is 15.4 Å². The number of hydrogen-bond acceptors (Lipinski definition) is 9. The summed E-state index contributed by atoms with van der Waals surface area (Å²) in [5, 5.41) is 14.6. The molecule has 2 aliphatic heterocycles. The highest BCUT2D eigenvalue weighted by atomic mass is 31.2. The minimum atomic E-state index is -4.31. The number of para-hydroxylation sites is 1. The van der Waals surface area contributed by atoms with Crippen molar-refractivity contribution in [3.05, 3.63) is 36.0 Å². The second kappa shape index (κ2) is 12.9. The third-order valence-electron chi connectivity index (χ3n) is 6.70. The Labute approximate surface area is 229 Å². The highest BCUT2D eigenvalue weighted by Gasteiger charge is 2.44. The highest BCUT2D eigenvalue weighted by molar-refractivity contribution is 7.51. The number of aromatic amines is 1. The fraction of sp³-hybridized carbons (Fsp3) is 0.520. The number of imide groups is 1. The smallest absolute Gasteiger partial charge is 0.406 e. The summed E-state index contributed by atoms with van der Waals surface area (Å²) in [5.74, 6) is -1.66. The van der Waals surface area contributed by atoms with E-state index in [-0.39, 0.29) is 32.4 Å². The maximum absolute atomic E-state index is 14.9. The van der Waals surface area contributed by atoms with Crippen molar-refractivity contribution in [2.24, 2.45) is 5.92 Å². The molecule has 0 bridgehead atoms. The molecule has 216 valence electrons. The maximum Gasteiger partial charge on any atom is 0.406 e. The van der Waals surface area contributed by atoms with Crippen LogP contribution in [0.3, 0.4) is 0 Å². The molecule has 3 heterocycles. The molecule has 2 aliphatic rings. The van der Waals surface area contributed by atoms with Crippen LogP contribution in [0.1, 0.15) is 25.3 Å². The third-order valence-corrected chi connectivity index (χ3v) is 8.34. The van der Waals surface area contributed by atoms with Crippen molar-refractivity contribution in [2.45, 2.75) is 50.7 Å². The van der Waals surface area contributed by atoms with E-state index in [1.807, 2.05) is 30.3 Å². The Morgan fingerprint density at radius 2 is 2.12 bits per heavy atom. The molecule has 0 aliphatic carbocycles. The van der Waals surface area contributed by atoms with Crippen LogP contribution in [-0.2, 0) is 39.1 Å². The van der Waals surface area contributed by atoms with Gasteiger partial charge in [0.2, 0.25) is 5.91 Å². The lowest BCUT2D eigenvalue weighted by Crippen LogP contribution is -2.57. The van der Waals surface area contributed by atoms with Gasteiger partial charge in [-0.3, -0.25) is 28.9 Å². The van der Waals surface area contributed by atoms with Crippen molar-refractivity contribution in [1.29, 1.82) is 5.26 Å². The molecular formula is C25H31FN5O8P. The number of urea groups is 1. The molecule has 6 atom stereocenters. The number of H-pyrrole nitrogens is 1. The molecule has 2 aromatic rings. The third kappa shape index (κ3) is 6.86. The topological polar surface area (TPSA) is 172 Å². The van der Waals surface area contributed by atoms with Crippen LogP contribution in [-0.4, -0.2) is 79.2 Å². The molecule has 1 aromatic heterocycles. The van der Waals surface area contributed by atoms with Crippen LogP contribution >= 0.6 is 7.75 Å². The number of benzene rings is 1. The molecule has 0 radical (unpaired) electrons. The number of rotatable bonds is 12. The lowest BCUT2D eigenvalue weighted by molar-refractivity contribution is -0.142. The molecular weight excluding hydrogens is 548 g/mol. The number of amides is 3. The van der Waals surface area contributed by atoms with E-state index in [0.717, 1.165) is 16.5 Å². The Hall–Kier alpha value is -3.34. The van der Waals surface area contributed by atoms with Gasteiger partial charge in [0.05, 0.1) is 38.7 Å². The summed E-state index contributed by atoms with van der Waals surface area (Å²) in [6.45, 7) is 0.863. The number of esters is 1. The number of nitriles is 1. The second-order valence-corrected chi connectivity index (χ2v) is 11.3. The van der Waals surface area contributed by atoms with Crippen molar-refractivity contribution in [3.63, 3.8) is 0 Å². The van der Waals surface area contributed by atoms with Gasteiger partial charge in [0.1, 0.15) is 24.5 Å². The summed E-state index contributed by atoms with van der Waals surface area (Å²) < 4.78 is 50.1. The van der Waals surface area contributed by atoms with Crippen molar-refractivity contribution < 1.29 is 41.9 Å². The lowest BCUT2D eigenvalue weighted by atomic mass is 10.1. The number of nitrogens with zero attached hydrogens (tertiary/aromatic N) is 2. The van der Waals surface area contributed by atoms with E-state index < -0.39 is 62.7 Å². The van der Waals surface area contributed by atoms with Crippen LogP contribution in [0.5, 0.6) is 0 Å². The SMILES string of the molecule is COC(=O)[C@H](Cc1c[nH]c2ccccc12)NP(=O)(OCCC#N)OC[C@H]1O[C@@H](N2CC(C)C(=O)NC2=O)C[C@@H]1F. The zero-order valence-electron chi connectivity index (χ0n) is 22.0. The van der Waals surface area contributed by atoms with Crippen molar-refractivity contribution in [2.75, 3.05) is 26.9 Å². The van der Waals surface area contributed by atoms with Crippen LogP contribution in [0.2, 0.25) is 0 Å². The summed E-state index contributed by atoms with van der Waals surface area (Å²) in [7, 11) is -3.13. The van der Waals surface area contributed by atoms with Crippen LogP contribution in [0.15, 0.2) is 30.5 Å². The Morgan fingerprint density at radius 1 is 1.35 bits per heavy atom. The fourth-order valence-electron chi connectivity index (χ4n) is 4.57. The summed E-state index contributed by atoms with van der Waals surface area (Å²) in [5.41, 5.74) is 1.58. The van der Waals surface area contributed by atoms with Gasteiger partial charge in [0.15, 0.2) is 0 Å². The van der Waals surface area contributed by atoms with E-state index in [1.165, 1.54) is 12.0 Å². The van der Waals surface area contributed by atoms with E-state index in [0.29, 0.717) is 0 Å². The minimum Gasteiger partial charge on any atom is -0.468 e. The van der Waals surface area contributed by atoms with Gasteiger partial charge in [-0.15, -0.1) is 0 Å². The molecule has 3 amide bonds. The Balaban J connectivity index is 1.46. The van der Waals surface area contributed by atoms with Gasteiger partial charge in [0, 0.05) is 36.5 Å². The van der Waals surface area contributed by atoms with Gasteiger partial charge in [-0.25, -0.2) is 18.8 Å². The number of halogens is 1. The van der Waals surface area contributed by atoms with Crippen LogP contribution < -0.4 is 10.4 Å². The predicted octanol–water partition coefficient (Wildman–Crippen LogP) is 2.54. The minimum absolute atomic E-state index is 0.0559. The van der Waals surface area contributed by atoms with Crippen molar-refractivity contribution >= 4 is 36.6 Å². The van der Waals surface area contributed by atoms with Gasteiger partial charge in [-0.1, -0.05) is 25.1 Å². The van der Waals surface area contributed by atoms with Gasteiger partial charge in [-0.05, 0) is 11.6 Å². The largest absolute Gasteiger partial charge is 0.468 e. The molecule has 0 spiro atoms. The number of carbonyl (C=O) groups is 3. The van der Waals surface area contributed by atoms with Crippen LogP contribution in [0, 0.1) is 17.2 Å². The molecule has 2 saturated heterocycles. The standard InChI is InChI=1S/C25H31FN5O8P/c1-15-13-31(25(34)29-23(15)32)22-11-18(26)21(39-22)14-38-40(35,37-9-5-8-27)30-20(24(33)36-2)10-16-12-28-19-7-4-3-6-17(16)19/h3-4,6-7,12,15,18,20-22,28H,5,9-11,13-14H2,1-2H3,(H,30,35)(H,29,32,34)/t15?,18-,20-,21+,22+,40?/m0/s1. The normalized spacial score (nSPS) is 25.3. The number of alkyl halides is 1.